The highest BCUT2D eigenvalue weighted by molar-refractivity contribution is 6.53. The molecule has 2 aromatic carbocycles. The van der Waals surface area contributed by atoms with Crippen LogP contribution < -0.4 is 10.6 Å². The quantitative estimate of drug-likeness (QED) is 0.483. The lowest BCUT2D eigenvalue weighted by Crippen LogP contribution is -2.30. The van der Waals surface area contributed by atoms with Gasteiger partial charge in [-0.15, -0.1) is 23.2 Å². The molecule has 0 aliphatic heterocycles. The maximum absolute atomic E-state index is 12.7. The molecule has 1 aliphatic carbocycles. The standard InChI is InChI=1S/C19H13Cl4F3N2O2/c1-8-4-9(6-10(20)5-8)14-15(18(14,22)23)16(29)27-11-2-3-12(21)13(7-11)28-17(30)19(24,25)26/h2-7,14-15H,1H3,(H,27,29)(H,28,30). The third-order valence-corrected chi connectivity index (χ3v) is 5.99. The van der Waals surface area contributed by atoms with E-state index in [1.807, 2.05) is 13.0 Å². The highest BCUT2D eigenvalue weighted by Gasteiger charge is 2.67. The van der Waals surface area contributed by atoms with Gasteiger partial charge in [0.2, 0.25) is 5.91 Å². The molecular weight excluding hydrogens is 487 g/mol. The molecule has 2 aromatic rings. The Balaban J connectivity index is 1.78. The number of aryl methyl sites for hydroxylation is 1. The fourth-order valence-corrected chi connectivity index (χ4v) is 4.41. The first-order chi connectivity index (χ1) is 13.8. The molecule has 2 N–H and O–H groups in total. The minimum atomic E-state index is -5.09. The van der Waals surface area contributed by atoms with Crippen LogP contribution in [0.1, 0.15) is 17.0 Å². The van der Waals surface area contributed by atoms with Gasteiger partial charge in [0.15, 0.2) is 0 Å². The van der Waals surface area contributed by atoms with Gasteiger partial charge in [-0.05, 0) is 48.4 Å². The van der Waals surface area contributed by atoms with E-state index in [1.54, 1.807) is 17.4 Å². The average molecular weight is 500 g/mol. The molecule has 11 heteroatoms. The lowest BCUT2D eigenvalue weighted by atomic mass is 10.1. The van der Waals surface area contributed by atoms with Gasteiger partial charge in [-0.25, -0.2) is 0 Å². The zero-order valence-corrected chi connectivity index (χ0v) is 18.1. The van der Waals surface area contributed by atoms with Gasteiger partial charge in [-0.1, -0.05) is 29.3 Å². The van der Waals surface area contributed by atoms with Gasteiger partial charge >= 0.3 is 12.1 Å². The van der Waals surface area contributed by atoms with E-state index in [9.17, 15) is 22.8 Å². The number of alkyl halides is 5. The normalized spacial score (nSPS) is 19.9. The minimum absolute atomic E-state index is 0.110. The summed E-state index contributed by atoms with van der Waals surface area (Å²) in [6.07, 6.45) is -5.09. The number of hydrogen-bond donors (Lipinski definition) is 2. The summed E-state index contributed by atoms with van der Waals surface area (Å²) in [4.78, 5) is 23.9. The van der Waals surface area contributed by atoms with Crippen LogP contribution in [0.3, 0.4) is 0 Å². The van der Waals surface area contributed by atoms with Crippen LogP contribution >= 0.6 is 46.4 Å². The van der Waals surface area contributed by atoms with Crippen molar-refractivity contribution in [3.63, 3.8) is 0 Å². The monoisotopic (exact) mass is 498 g/mol. The van der Waals surface area contributed by atoms with Gasteiger partial charge in [-0.2, -0.15) is 13.2 Å². The molecule has 2 amide bonds. The van der Waals surface area contributed by atoms with E-state index >= 15 is 0 Å². The lowest BCUT2D eigenvalue weighted by Gasteiger charge is -2.12. The van der Waals surface area contributed by atoms with Crippen molar-refractivity contribution in [2.45, 2.75) is 23.4 Å². The Morgan fingerprint density at radius 1 is 1.03 bits per heavy atom. The average Bonchev–Trinajstić information content (AvgIpc) is 3.18. The van der Waals surface area contributed by atoms with E-state index < -0.39 is 34.2 Å². The highest BCUT2D eigenvalue weighted by Crippen LogP contribution is 2.65. The Kier molecular flexibility index (Phi) is 6.22. The molecule has 1 saturated carbocycles. The predicted octanol–water partition coefficient (Wildman–Crippen LogP) is 6.33. The molecule has 160 valence electrons. The van der Waals surface area contributed by atoms with Crippen molar-refractivity contribution in [3.8, 4) is 0 Å². The van der Waals surface area contributed by atoms with Crippen LogP contribution in [-0.2, 0) is 9.59 Å². The molecule has 2 unspecified atom stereocenters. The van der Waals surface area contributed by atoms with Crippen molar-refractivity contribution in [1.82, 2.24) is 0 Å². The second-order valence-corrected chi connectivity index (χ2v) is 9.12. The number of rotatable bonds is 4. The Hall–Kier alpha value is -1.67. The van der Waals surface area contributed by atoms with Crippen LogP contribution in [0.4, 0.5) is 24.5 Å². The summed E-state index contributed by atoms with van der Waals surface area (Å²) in [6.45, 7) is 1.83. The fourth-order valence-electron chi connectivity index (χ4n) is 3.12. The number of anilines is 2. The van der Waals surface area contributed by atoms with Crippen molar-refractivity contribution in [1.29, 1.82) is 0 Å². The van der Waals surface area contributed by atoms with E-state index in [0.29, 0.717) is 10.6 Å². The Labute approximate surface area is 189 Å². The van der Waals surface area contributed by atoms with Crippen molar-refractivity contribution in [2.24, 2.45) is 5.92 Å². The lowest BCUT2D eigenvalue weighted by molar-refractivity contribution is -0.167. The maximum atomic E-state index is 12.7. The van der Waals surface area contributed by atoms with E-state index in [2.05, 4.69) is 5.32 Å². The van der Waals surface area contributed by atoms with Crippen molar-refractivity contribution in [3.05, 3.63) is 57.6 Å². The smallest absolute Gasteiger partial charge is 0.326 e. The van der Waals surface area contributed by atoms with Crippen LogP contribution in [0.5, 0.6) is 0 Å². The maximum Gasteiger partial charge on any atom is 0.471 e. The molecule has 0 bridgehead atoms. The second kappa shape index (κ2) is 8.11. The third kappa shape index (κ3) is 4.80. The number of halogens is 7. The van der Waals surface area contributed by atoms with E-state index in [0.717, 1.165) is 11.6 Å². The summed E-state index contributed by atoms with van der Waals surface area (Å²) in [5.74, 6) is -4.07. The first-order valence-electron chi connectivity index (χ1n) is 8.44. The molecule has 2 atom stereocenters. The first kappa shape index (κ1) is 23.0. The Morgan fingerprint density at radius 2 is 1.70 bits per heavy atom. The molecule has 0 heterocycles. The van der Waals surface area contributed by atoms with Crippen LogP contribution in [0.2, 0.25) is 10.0 Å². The molecule has 0 spiro atoms. The summed E-state index contributed by atoms with van der Waals surface area (Å²) in [7, 11) is 0. The van der Waals surface area contributed by atoms with Crippen LogP contribution in [0, 0.1) is 12.8 Å². The zero-order chi connectivity index (χ0) is 22.4. The SMILES string of the molecule is Cc1cc(Cl)cc(C2C(C(=O)Nc3ccc(Cl)c(NC(=O)C(F)(F)F)c3)C2(Cl)Cl)c1. The van der Waals surface area contributed by atoms with Gasteiger partial charge in [0, 0.05) is 16.6 Å². The zero-order valence-electron chi connectivity index (χ0n) is 15.1. The number of carbonyl (C=O) groups excluding carboxylic acids is 2. The number of amides is 2. The molecule has 1 aliphatic rings. The van der Waals surface area contributed by atoms with Gasteiger partial charge in [0.1, 0.15) is 4.33 Å². The fraction of sp³-hybridized carbons (Fsp3) is 0.263. The van der Waals surface area contributed by atoms with Gasteiger partial charge < -0.3 is 10.6 Å². The third-order valence-electron chi connectivity index (χ3n) is 4.50. The molecule has 1 fully saturated rings. The first-order valence-corrected chi connectivity index (χ1v) is 9.95. The molecule has 4 nitrogen and oxygen atoms in total. The van der Waals surface area contributed by atoms with Crippen molar-refractivity contribution >= 4 is 69.6 Å². The Morgan fingerprint density at radius 3 is 2.30 bits per heavy atom. The topological polar surface area (TPSA) is 58.2 Å². The molecule has 0 radical (unpaired) electrons. The molecule has 30 heavy (non-hydrogen) atoms. The minimum Gasteiger partial charge on any atom is -0.326 e. The molecular formula is C19H13Cl4F3N2O2. The summed E-state index contributed by atoms with van der Waals surface area (Å²) in [5, 5.41) is 4.54. The van der Waals surface area contributed by atoms with Gasteiger partial charge in [0.05, 0.1) is 16.6 Å². The van der Waals surface area contributed by atoms with Gasteiger partial charge in [-0.3, -0.25) is 9.59 Å². The number of hydrogen-bond acceptors (Lipinski definition) is 2. The molecule has 0 aromatic heterocycles. The van der Waals surface area contributed by atoms with E-state index in [-0.39, 0.29) is 16.4 Å². The van der Waals surface area contributed by atoms with Crippen molar-refractivity contribution < 1.29 is 22.8 Å². The summed E-state index contributed by atoms with van der Waals surface area (Å²) in [6, 6.07) is 8.94. The van der Waals surface area contributed by atoms with Crippen LogP contribution in [-0.4, -0.2) is 22.3 Å². The number of nitrogens with one attached hydrogen (secondary N) is 2. The van der Waals surface area contributed by atoms with E-state index in [4.69, 9.17) is 46.4 Å². The van der Waals surface area contributed by atoms with E-state index in [1.165, 1.54) is 12.1 Å². The number of benzene rings is 2. The van der Waals surface area contributed by atoms with Crippen LogP contribution in [0.25, 0.3) is 0 Å². The predicted molar refractivity (Wildman–Crippen MR) is 112 cm³/mol. The summed E-state index contributed by atoms with van der Waals surface area (Å²) >= 11 is 24.5. The van der Waals surface area contributed by atoms with Crippen LogP contribution in [0.15, 0.2) is 36.4 Å². The summed E-state index contributed by atoms with van der Waals surface area (Å²) in [5.41, 5.74) is 1.37. The summed E-state index contributed by atoms with van der Waals surface area (Å²) < 4.78 is 36.0. The Bertz CT molecular complexity index is 1010. The van der Waals surface area contributed by atoms with Crippen molar-refractivity contribution in [2.75, 3.05) is 10.6 Å². The molecule has 0 saturated heterocycles. The van der Waals surface area contributed by atoms with Gasteiger partial charge in [0.25, 0.3) is 0 Å². The molecule has 3 rings (SSSR count). The number of carbonyl (C=O) groups is 2. The highest BCUT2D eigenvalue weighted by atomic mass is 35.5. The second-order valence-electron chi connectivity index (χ2n) is 6.83. The largest absolute Gasteiger partial charge is 0.471 e.